The van der Waals surface area contributed by atoms with Crippen LogP contribution in [0.2, 0.25) is 0 Å². The molecule has 0 radical (unpaired) electrons. The summed E-state index contributed by atoms with van der Waals surface area (Å²) >= 11 is 0. The first-order valence-corrected chi connectivity index (χ1v) is 6.60. The largest absolute Gasteiger partial charge is 0.359 e. The first-order valence-electron chi connectivity index (χ1n) is 6.60. The summed E-state index contributed by atoms with van der Waals surface area (Å²) in [5.74, 6) is 0.848. The molecule has 0 bridgehead atoms. The van der Waals surface area contributed by atoms with Gasteiger partial charge in [-0.15, -0.1) is 0 Å². The van der Waals surface area contributed by atoms with Gasteiger partial charge in [-0.25, -0.2) is 9.50 Å². The van der Waals surface area contributed by atoms with Crippen molar-refractivity contribution in [1.29, 1.82) is 0 Å². The number of carbonyl (C=O) groups excluding carboxylic acids is 1. The molecule has 0 aromatic carbocycles. The average Bonchev–Trinajstić information content (AvgIpc) is 3.08. The Morgan fingerprint density at radius 3 is 2.95 bits per heavy atom. The molecule has 1 amide bonds. The lowest BCUT2D eigenvalue weighted by Crippen LogP contribution is -2.39. The van der Waals surface area contributed by atoms with Gasteiger partial charge in [-0.05, 0) is 25.8 Å². The van der Waals surface area contributed by atoms with E-state index in [2.05, 4.69) is 15.4 Å². The van der Waals surface area contributed by atoms with Gasteiger partial charge in [0.05, 0.1) is 6.20 Å². The second kappa shape index (κ2) is 4.87. The Bertz CT molecular complexity index is 587. The standard InChI is InChI=1S/C13H17N5O/c1-10(13(19)17-7-2-3-8-17)15-11-5-9-18-12(16-11)4-6-14-18/h4-6,9-10H,2-3,7-8H2,1H3,(H,15,16). The molecular weight excluding hydrogens is 242 g/mol. The van der Waals surface area contributed by atoms with Gasteiger partial charge in [-0.3, -0.25) is 4.79 Å². The molecule has 6 heteroatoms. The van der Waals surface area contributed by atoms with Crippen LogP contribution in [0.3, 0.4) is 0 Å². The molecule has 3 heterocycles. The first-order chi connectivity index (χ1) is 9.24. The maximum atomic E-state index is 12.2. The SMILES string of the molecule is CC(Nc1ccn2nccc2n1)C(=O)N1CCCC1. The highest BCUT2D eigenvalue weighted by atomic mass is 16.2. The molecule has 1 aliphatic heterocycles. The third-order valence-corrected chi connectivity index (χ3v) is 3.41. The van der Waals surface area contributed by atoms with Gasteiger partial charge in [0.15, 0.2) is 5.65 Å². The van der Waals surface area contributed by atoms with Gasteiger partial charge < -0.3 is 10.2 Å². The highest BCUT2D eigenvalue weighted by molar-refractivity contribution is 5.84. The molecule has 1 unspecified atom stereocenters. The van der Waals surface area contributed by atoms with E-state index < -0.39 is 0 Å². The van der Waals surface area contributed by atoms with Crippen molar-refractivity contribution in [3.8, 4) is 0 Å². The third kappa shape index (κ3) is 2.38. The molecule has 3 rings (SSSR count). The van der Waals surface area contributed by atoms with E-state index in [9.17, 15) is 4.79 Å². The summed E-state index contributed by atoms with van der Waals surface area (Å²) in [6.07, 6.45) is 5.75. The predicted molar refractivity (Wildman–Crippen MR) is 71.9 cm³/mol. The molecule has 2 aromatic rings. The van der Waals surface area contributed by atoms with Crippen LogP contribution < -0.4 is 5.32 Å². The number of hydrogen-bond acceptors (Lipinski definition) is 4. The number of carbonyl (C=O) groups is 1. The zero-order valence-electron chi connectivity index (χ0n) is 10.9. The fraction of sp³-hybridized carbons (Fsp3) is 0.462. The Labute approximate surface area is 111 Å². The lowest BCUT2D eigenvalue weighted by Gasteiger charge is -2.21. The molecule has 1 aliphatic rings. The fourth-order valence-corrected chi connectivity index (χ4v) is 2.39. The smallest absolute Gasteiger partial charge is 0.244 e. The lowest BCUT2D eigenvalue weighted by molar-refractivity contribution is -0.130. The summed E-state index contributed by atoms with van der Waals surface area (Å²) in [6, 6.07) is 3.40. The molecular formula is C13H17N5O. The molecule has 6 nitrogen and oxygen atoms in total. The number of fused-ring (bicyclic) bond motifs is 1. The summed E-state index contributed by atoms with van der Waals surface area (Å²) in [5.41, 5.74) is 0.769. The van der Waals surface area contributed by atoms with Gasteiger partial charge >= 0.3 is 0 Å². The van der Waals surface area contributed by atoms with E-state index in [0.717, 1.165) is 31.6 Å². The quantitative estimate of drug-likeness (QED) is 0.898. The minimum absolute atomic E-state index is 0.146. The summed E-state index contributed by atoms with van der Waals surface area (Å²) in [5, 5.41) is 7.25. The Morgan fingerprint density at radius 2 is 2.16 bits per heavy atom. The minimum atomic E-state index is -0.254. The first kappa shape index (κ1) is 12.0. The summed E-state index contributed by atoms with van der Waals surface area (Å²) in [7, 11) is 0. The maximum absolute atomic E-state index is 12.2. The molecule has 0 spiro atoms. The number of likely N-dealkylation sites (tertiary alicyclic amines) is 1. The van der Waals surface area contributed by atoms with Crippen LogP contribution >= 0.6 is 0 Å². The van der Waals surface area contributed by atoms with Crippen molar-refractivity contribution in [2.45, 2.75) is 25.8 Å². The van der Waals surface area contributed by atoms with Crippen molar-refractivity contribution < 1.29 is 4.79 Å². The van der Waals surface area contributed by atoms with Crippen LogP contribution in [0.25, 0.3) is 5.65 Å². The second-order valence-corrected chi connectivity index (χ2v) is 4.85. The van der Waals surface area contributed by atoms with Crippen LogP contribution in [0.5, 0.6) is 0 Å². The van der Waals surface area contributed by atoms with Crippen LogP contribution in [0.15, 0.2) is 24.5 Å². The molecule has 19 heavy (non-hydrogen) atoms. The number of nitrogens with one attached hydrogen (secondary N) is 1. The Kier molecular flexibility index (Phi) is 3.06. The molecule has 2 aromatic heterocycles. The van der Waals surface area contributed by atoms with Crippen molar-refractivity contribution in [3.05, 3.63) is 24.5 Å². The van der Waals surface area contributed by atoms with Gasteiger partial charge in [0.1, 0.15) is 11.9 Å². The number of nitrogens with zero attached hydrogens (tertiary/aromatic N) is 4. The van der Waals surface area contributed by atoms with Gasteiger partial charge in [-0.2, -0.15) is 5.10 Å². The second-order valence-electron chi connectivity index (χ2n) is 4.85. The average molecular weight is 259 g/mol. The van der Waals surface area contributed by atoms with Crippen molar-refractivity contribution in [2.24, 2.45) is 0 Å². The number of aromatic nitrogens is 3. The highest BCUT2D eigenvalue weighted by Gasteiger charge is 2.23. The number of anilines is 1. The predicted octanol–water partition coefficient (Wildman–Crippen LogP) is 1.15. The van der Waals surface area contributed by atoms with Gasteiger partial charge in [0.2, 0.25) is 5.91 Å². The van der Waals surface area contributed by atoms with Gasteiger partial charge in [0, 0.05) is 25.4 Å². The maximum Gasteiger partial charge on any atom is 0.244 e. The van der Waals surface area contributed by atoms with Crippen molar-refractivity contribution in [3.63, 3.8) is 0 Å². The molecule has 1 fully saturated rings. The number of hydrogen-bond donors (Lipinski definition) is 1. The zero-order chi connectivity index (χ0) is 13.2. The van der Waals surface area contributed by atoms with Crippen LogP contribution in [0, 0.1) is 0 Å². The van der Waals surface area contributed by atoms with Crippen molar-refractivity contribution in [1.82, 2.24) is 19.5 Å². The number of rotatable bonds is 3. The van der Waals surface area contributed by atoms with E-state index in [4.69, 9.17) is 0 Å². The van der Waals surface area contributed by atoms with E-state index in [1.807, 2.05) is 30.2 Å². The molecule has 1 atom stereocenters. The van der Waals surface area contributed by atoms with E-state index in [1.54, 1.807) is 10.7 Å². The molecule has 100 valence electrons. The fourth-order valence-electron chi connectivity index (χ4n) is 2.39. The minimum Gasteiger partial charge on any atom is -0.359 e. The van der Waals surface area contributed by atoms with E-state index in [-0.39, 0.29) is 11.9 Å². The van der Waals surface area contributed by atoms with E-state index in [1.165, 1.54) is 0 Å². The summed E-state index contributed by atoms with van der Waals surface area (Å²) in [6.45, 7) is 3.63. The third-order valence-electron chi connectivity index (χ3n) is 3.41. The normalized spacial score (nSPS) is 16.8. The van der Waals surface area contributed by atoms with Crippen LogP contribution in [-0.2, 0) is 4.79 Å². The van der Waals surface area contributed by atoms with E-state index >= 15 is 0 Å². The molecule has 1 saturated heterocycles. The zero-order valence-corrected chi connectivity index (χ0v) is 10.9. The van der Waals surface area contributed by atoms with Crippen molar-refractivity contribution in [2.75, 3.05) is 18.4 Å². The molecule has 1 N–H and O–H groups in total. The lowest BCUT2D eigenvalue weighted by atomic mass is 10.3. The van der Waals surface area contributed by atoms with Crippen LogP contribution in [0.1, 0.15) is 19.8 Å². The van der Waals surface area contributed by atoms with Crippen molar-refractivity contribution >= 4 is 17.4 Å². The van der Waals surface area contributed by atoms with Gasteiger partial charge in [0.25, 0.3) is 0 Å². The van der Waals surface area contributed by atoms with Gasteiger partial charge in [-0.1, -0.05) is 0 Å². The summed E-state index contributed by atoms with van der Waals surface area (Å²) in [4.78, 5) is 18.5. The number of amides is 1. The molecule has 0 saturated carbocycles. The van der Waals surface area contributed by atoms with E-state index in [0.29, 0.717) is 5.82 Å². The molecule has 0 aliphatic carbocycles. The monoisotopic (exact) mass is 259 g/mol. The van der Waals surface area contributed by atoms with Crippen LogP contribution in [-0.4, -0.2) is 44.5 Å². The Morgan fingerprint density at radius 1 is 1.37 bits per heavy atom. The Balaban J connectivity index is 1.70. The van der Waals surface area contributed by atoms with Crippen LogP contribution in [0.4, 0.5) is 5.82 Å². The Hall–Kier alpha value is -2.11. The highest BCUT2D eigenvalue weighted by Crippen LogP contribution is 2.12. The topological polar surface area (TPSA) is 62.5 Å². The summed E-state index contributed by atoms with van der Waals surface area (Å²) < 4.78 is 1.69.